The molecule has 70 valence electrons. The molecule has 0 atom stereocenters. The maximum atomic E-state index is 8.27. The van der Waals surface area contributed by atoms with Gasteiger partial charge in [-0.3, -0.25) is 4.68 Å². The third-order valence-electron chi connectivity index (χ3n) is 1.63. The summed E-state index contributed by atoms with van der Waals surface area (Å²) in [5, 5.41) is 19.0. The van der Waals surface area contributed by atoms with E-state index in [1.165, 1.54) is 0 Å². The van der Waals surface area contributed by atoms with Gasteiger partial charge in [-0.25, -0.2) is 0 Å². The lowest BCUT2D eigenvalue weighted by atomic mass is 10.3. The molecule has 0 aromatic carbocycles. The summed E-state index contributed by atoms with van der Waals surface area (Å²) >= 11 is 0. The molecular weight excluding hydrogens is 166 g/mol. The van der Waals surface area contributed by atoms with Crippen LogP contribution < -0.4 is 5.32 Å². The van der Waals surface area contributed by atoms with Crippen molar-refractivity contribution in [3.05, 3.63) is 12.4 Å². The molecule has 5 nitrogen and oxygen atoms in total. The largest absolute Gasteiger partial charge is 0.315 e. The second-order valence-corrected chi connectivity index (χ2v) is 2.68. The number of nitrogens with one attached hydrogen (secondary N) is 1. The lowest BCUT2D eigenvalue weighted by Gasteiger charge is -2.01. The summed E-state index contributed by atoms with van der Waals surface area (Å²) in [7, 11) is 0. The van der Waals surface area contributed by atoms with Crippen LogP contribution in [0.5, 0.6) is 0 Å². The molecule has 0 radical (unpaired) electrons. The average Bonchev–Trinajstić information content (AvgIpc) is 2.63. The second kappa shape index (κ2) is 6.14. The molecule has 1 aromatic heterocycles. The Morgan fingerprint density at radius 2 is 2.38 bits per heavy atom. The Kier molecular flexibility index (Phi) is 4.57. The fraction of sp³-hybridized carbons (Fsp3) is 0.625. The van der Waals surface area contributed by atoms with Crippen LogP contribution in [0.2, 0.25) is 0 Å². The van der Waals surface area contributed by atoms with Crippen LogP contribution in [0.1, 0.15) is 12.8 Å². The van der Waals surface area contributed by atoms with Gasteiger partial charge in [-0.15, -0.1) is 5.10 Å². The van der Waals surface area contributed by atoms with Gasteiger partial charge < -0.3 is 5.32 Å². The number of nitrogens with zero attached hydrogens (tertiary/aromatic N) is 4. The fourth-order valence-corrected chi connectivity index (χ4v) is 0.963. The topological polar surface area (TPSA) is 66.5 Å². The summed E-state index contributed by atoms with van der Waals surface area (Å²) in [5.41, 5.74) is 0. The van der Waals surface area contributed by atoms with E-state index in [1.54, 1.807) is 10.9 Å². The first-order chi connectivity index (χ1) is 6.43. The van der Waals surface area contributed by atoms with E-state index in [9.17, 15) is 0 Å². The molecule has 0 unspecified atom stereocenters. The molecule has 0 amide bonds. The van der Waals surface area contributed by atoms with Crippen molar-refractivity contribution in [3.8, 4) is 6.07 Å². The Bertz CT molecular complexity index is 248. The molecule has 0 saturated carbocycles. The number of unbranched alkanes of at least 4 members (excludes halogenated alkanes) is 1. The highest BCUT2D eigenvalue weighted by molar-refractivity contribution is 4.69. The van der Waals surface area contributed by atoms with E-state index < -0.39 is 0 Å². The molecule has 1 aromatic rings. The van der Waals surface area contributed by atoms with E-state index in [0.29, 0.717) is 6.42 Å². The van der Waals surface area contributed by atoms with Crippen LogP contribution in [-0.2, 0) is 6.54 Å². The average molecular weight is 179 g/mol. The summed E-state index contributed by atoms with van der Waals surface area (Å²) < 4.78 is 1.78. The van der Waals surface area contributed by atoms with Gasteiger partial charge in [-0.2, -0.15) is 5.26 Å². The van der Waals surface area contributed by atoms with Crippen LogP contribution >= 0.6 is 0 Å². The van der Waals surface area contributed by atoms with E-state index in [1.807, 2.05) is 6.20 Å². The quantitative estimate of drug-likeness (QED) is 0.632. The first kappa shape index (κ1) is 9.68. The Balaban J connectivity index is 1.94. The van der Waals surface area contributed by atoms with Crippen LogP contribution in [0.4, 0.5) is 0 Å². The third kappa shape index (κ3) is 4.23. The summed E-state index contributed by atoms with van der Waals surface area (Å²) in [6.07, 6.45) is 5.02. The van der Waals surface area contributed by atoms with Gasteiger partial charge in [0.05, 0.1) is 18.8 Å². The molecule has 0 aliphatic rings. The zero-order valence-electron chi connectivity index (χ0n) is 7.48. The summed E-state index contributed by atoms with van der Waals surface area (Å²) in [6, 6.07) is 2.10. The van der Waals surface area contributed by atoms with Crippen molar-refractivity contribution in [2.24, 2.45) is 0 Å². The minimum atomic E-state index is 0.621. The van der Waals surface area contributed by atoms with E-state index in [2.05, 4.69) is 21.7 Å². The molecule has 0 fully saturated rings. The number of hydrogen-bond donors (Lipinski definition) is 1. The van der Waals surface area contributed by atoms with Gasteiger partial charge in [0, 0.05) is 19.2 Å². The SMILES string of the molecule is N#CCCCNCCn1ccnn1. The predicted octanol–water partition coefficient (Wildman–Crippen LogP) is 0.171. The number of rotatable bonds is 6. The van der Waals surface area contributed by atoms with Gasteiger partial charge in [0.25, 0.3) is 0 Å². The first-order valence-electron chi connectivity index (χ1n) is 4.35. The minimum Gasteiger partial charge on any atom is -0.315 e. The van der Waals surface area contributed by atoms with Gasteiger partial charge in [0.2, 0.25) is 0 Å². The van der Waals surface area contributed by atoms with Crippen LogP contribution in [0.15, 0.2) is 12.4 Å². The Hall–Kier alpha value is -1.41. The van der Waals surface area contributed by atoms with Gasteiger partial charge >= 0.3 is 0 Å². The maximum Gasteiger partial charge on any atom is 0.0692 e. The molecule has 5 heteroatoms. The number of nitriles is 1. The van der Waals surface area contributed by atoms with Crippen LogP contribution in [0, 0.1) is 11.3 Å². The van der Waals surface area contributed by atoms with Crippen molar-refractivity contribution in [3.63, 3.8) is 0 Å². The number of hydrogen-bond acceptors (Lipinski definition) is 4. The van der Waals surface area contributed by atoms with E-state index >= 15 is 0 Å². The van der Waals surface area contributed by atoms with Crippen LogP contribution in [0.25, 0.3) is 0 Å². The normalized spacial score (nSPS) is 9.77. The fourth-order valence-electron chi connectivity index (χ4n) is 0.963. The van der Waals surface area contributed by atoms with E-state index in [0.717, 1.165) is 26.1 Å². The standard InChI is InChI=1S/C8H13N5/c9-3-1-2-4-10-5-7-13-8-6-11-12-13/h6,8,10H,1-2,4-5,7H2. The molecule has 13 heavy (non-hydrogen) atoms. The Morgan fingerprint density at radius 3 is 3.08 bits per heavy atom. The van der Waals surface area contributed by atoms with Gasteiger partial charge in [0.15, 0.2) is 0 Å². The van der Waals surface area contributed by atoms with E-state index in [4.69, 9.17) is 5.26 Å². The van der Waals surface area contributed by atoms with Crippen molar-refractivity contribution >= 4 is 0 Å². The molecule has 1 N–H and O–H groups in total. The second-order valence-electron chi connectivity index (χ2n) is 2.68. The highest BCUT2D eigenvalue weighted by atomic mass is 15.4. The van der Waals surface area contributed by atoms with Crippen molar-refractivity contribution < 1.29 is 0 Å². The zero-order chi connectivity index (χ0) is 9.36. The molecule has 0 bridgehead atoms. The van der Waals surface area contributed by atoms with E-state index in [-0.39, 0.29) is 0 Å². The smallest absolute Gasteiger partial charge is 0.0692 e. The predicted molar refractivity (Wildman–Crippen MR) is 47.7 cm³/mol. The Labute approximate surface area is 77.4 Å². The lowest BCUT2D eigenvalue weighted by molar-refractivity contribution is 0.536. The summed E-state index contributed by atoms with van der Waals surface area (Å²) in [4.78, 5) is 0. The first-order valence-corrected chi connectivity index (χ1v) is 4.35. The molecule has 0 aliphatic heterocycles. The number of aromatic nitrogens is 3. The van der Waals surface area contributed by atoms with Crippen molar-refractivity contribution in [1.82, 2.24) is 20.3 Å². The Morgan fingerprint density at radius 1 is 1.46 bits per heavy atom. The lowest BCUT2D eigenvalue weighted by Crippen LogP contribution is -2.21. The molecule has 0 aliphatic carbocycles. The summed E-state index contributed by atoms with van der Waals surface area (Å²) in [5.74, 6) is 0. The monoisotopic (exact) mass is 179 g/mol. The highest BCUT2D eigenvalue weighted by Gasteiger charge is 1.90. The van der Waals surface area contributed by atoms with Gasteiger partial charge in [-0.1, -0.05) is 5.21 Å². The molecular formula is C8H13N5. The molecule has 0 saturated heterocycles. The maximum absolute atomic E-state index is 8.27. The summed E-state index contributed by atoms with van der Waals surface area (Å²) in [6.45, 7) is 2.59. The minimum absolute atomic E-state index is 0.621. The molecule has 0 spiro atoms. The zero-order valence-corrected chi connectivity index (χ0v) is 7.48. The van der Waals surface area contributed by atoms with Gasteiger partial charge in [-0.05, 0) is 13.0 Å². The molecule has 1 heterocycles. The molecule has 1 rings (SSSR count). The van der Waals surface area contributed by atoms with Crippen molar-refractivity contribution in [2.45, 2.75) is 19.4 Å². The van der Waals surface area contributed by atoms with Crippen molar-refractivity contribution in [1.29, 1.82) is 5.26 Å². The van der Waals surface area contributed by atoms with Gasteiger partial charge in [0.1, 0.15) is 0 Å². The third-order valence-corrected chi connectivity index (χ3v) is 1.63. The highest BCUT2D eigenvalue weighted by Crippen LogP contribution is 1.83. The van der Waals surface area contributed by atoms with Crippen LogP contribution in [0.3, 0.4) is 0 Å². The van der Waals surface area contributed by atoms with Crippen LogP contribution in [-0.4, -0.2) is 28.1 Å². The van der Waals surface area contributed by atoms with Crippen molar-refractivity contribution in [2.75, 3.05) is 13.1 Å².